The molecule has 1 aliphatic heterocycles. The quantitative estimate of drug-likeness (QED) is 0.706. The van der Waals surface area contributed by atoms with E-state index in [2.05, 4.69) is 17.6 Å². The smallest absolute Gasteiger partial charge is 0.239 e. The standard InChI is InChI=1S/C11H20N2O2/c1-11(3-2-4-11)8-13-10(14)9-7-15-6-5-12-9/h9,12H,2-8H2,1H3,(H,13,14). The molecule has 1 heterocycles. The van der Waals surface area contributed by atoms with Crippen molar-refractivity contribution in [2.45, 2.75) is 32.2 Å². The van der Waals surface area contributed by atoms with Crippen molar-refractivity contribution in [3.05, 3.63) is 0 Å². The Morgan fingerprint density at radius 2 is 2.40 bits per heavy atom. The Morgan fingerprint density at radius 1 is 1.60 bits per heavy atom. The van der Waals surface area contributed by atoms with E-state index in [9.17, 15) is 4.79 Å². The Hall–Kier alpha value is -0.610. The van der Waals surface area contributed by atoms with Gasteiger partial charge in [-0.1, -0.05) is 13.3 Å². The maximum Gasteiger partial charge on any atom is 0.239 e. The Balaban J connectivity index is 1.71. The first kappa shape index (κ1) is 10.9. The molecule has 4 heteroatoms. The molecule has 1 saturated heterocycles. The van der Waals surface area contributed by atoms with Gasteiger partial charge in [0.2, 0.25) is 5.91 Å². The van der Waals surface area contributed by atoms with Crippen molar-refractivity contribution >= 4 is 5.91 Å². The third-order valence-electron chi connectivity index (χ3n) is 3.49. The van der Waals surface area contributed by atoms with Crippen molar-refractivity contribution in [3.8, 4) is 0 Å². The van der Waals surface area contributed by atoms with Gasteiger partial charge < -0.3 is 15.4 Å². The molecule has 15 heavy (non-hydrogen) atoms. The molecule has 2 N–H and O–H groups in total. The lowest BCUT2D eigenvalue weighted by atomic mass is 9.70. The first-order valence-electron chi connectivity index (χ1n) is 5.78. The van der Waals surface area contributed by atoms with Gasteiger partial charge in [0.15, 0.2) is 0 Å². The summed E-state index contributed by atoms with van der Waals surface area (Å²) in [5, 5.41) is 6.17. The summed E-state index contributed by atoms with van der Waals surface area (Å²) in [6.45, 7) is 5.03. The molecule has 0 spiro atoms. The van der Waals surface area contributed by atoms with Gasteiger partial charge in [-0.25, -0.2) is 0 Å². The molecular weight excluding hydrogens is 192 g/mol. The van der Waals surface area contributed by atoms with Crippen LogP contribution in [0.5, 0.6) is 0 Å². The second-order valence-corrected chi connectivity index (χ2v) is 4.96. The average molecular weight is 212 g/mol. The number of ether oxygens (including phenoxy) is 1. The third-order valence-corrected chi connectivity index (χ3v) is 3.49. The van der Waals surface area contributed by atoms with Crippen molar-refractivity contribution in [2.75, 3.05) is 26.3 Å². The van der Waals surface area contributed by atoms with Crippen molar-refractivity contribution < 1.29 is 9.53 Å². The number of rotatable bonds is 3. The van der Waals surface area contributed by atoms with Crippen molar-refractivity contribution in [1.82, 2.24) is 10.6 Å². The summed E-state index contributed by atoms with van der Waals surface area (Å²) in [6, 6.07) is -0.151. The van der Waals surface area contributed by atoms with Crippen LogP contribution in [0.2, 0.25) is 0 Å². The molecular formula is C11H20N2O2. The minimum Gasteiger partial charge on any atom is -0.378 e. The molecule has 86 valence electrons. The van der Waals surface area contributed by atoms with Crippen LogP contribution in [-0.2, 0) is 9.53 Å². The first-order chi connectivity index (χ1) is 7.20. The van der Waals surface area contributed by atoms with E-state index in [0.717, 1.165) is 13.1 Å². The van der Waals surface area contributed by atoms with Crippen molar-refractivity contribution in [2.24, 2.45) is 5.41 Å². The number of morpholine rings is 1. The molecule has 2 fully saturated rings. The van der Waals surface area contributed by atoms with Crippen LogP contribution in [0.1, 0.15) is 26.2 Å². The molecule has 0 aromatic carbocycles. The molecule has 1 unspecified atom stereocenters. The van der Waals surface area contributed by atoms with Crippen molar-refractivity contribution in [3.63, 3.8) is 0 Å². The van der Waals surface area contributed by atoms with E-state index in [4.69, 9.17) is 4.74 Å². The highest BCUT2D eigenvalue weighted by molar-refractivity contribution is 5.82. The maximum absolute atomic E-state index is 11.7. The first-order valence-corrected chi connectivity index (χ1v) is 5.78. The monoisotopic (exact) mass is 212 g/mol. The van der Waals surface area contributed by atoms with Crippen LogP contribution >= 0.6 is 0 Å². The van der Waals surface area contributed by atoms with Gasteiger partial charge in [0.25, 0.3) is 0 Å². The fourth-order valence-corrected chi connectivity index (χ4v) is 2.11. The molecule has 0 radical (unpaired) electrons. The lowest BCUT2D eigenvalue weighted by Gasteiger charge is -2.38. The normalized spacial score (nSPS) is 29.3. The van der Waals surface area contributed by atoms with E-state index in [-0.39, 0.29) is 11.9 Å². The van der Waals surface area contributed by atoms with E-state index in [0.29, 0.717) is 18.6 Å². The lowest BCUT2D eigenvalue weighted by Crippen LogP contribution is -2.53. The van der Waals surface area contributed by atoms with Crippen LogP contribution in [0, 0.1) is 5.41 Å². The van der Waals surface area contributed by atoms with Gasteiger partial charge in [-0.2, -0.15) is 0 Å². The van der Waals surface area contributed by atoms with Gasteiger partial charge in [0, 0.05) is 13.1 Å². The Bertz CT molecular complexity index is 233. The van der Waals surface area contributed by atoms with Gasteiger partial charge in [0.1, 0.15) is 6.04 Å². The van der Waals surface area contributed by atoms with E-state index in [1.807, 2.05) is 0 Å². The average Bonchev–Trinajstić information content (AvgIpc) is 2.24. The highest BCUT2D eigenvalue weighted by Crippen LogP contribution is 2.39. The Labute approximate surface area is 90.8 Å². The van der Waals surface area contributed by atoms with Crippen LogP contribution in [0.4, 0.5) is 0 Å². The second-order valence-electron chi connectivity index (χ2n) is 4.96. The minimum atomic E-state index is -0.151. The van der Waals surface area contributed by atoms with Gasteiger partial charge in [-0.3, -0.25) is 4.79 Å². The summed E-state index contributed by atoms with van der Waals surface area (Å²) in [7, 11) is 0. The molecule has 1 amide bonds. The fourth-order valence-electron chi connectivity index (χ4n) is 2.11. The number of carbonyl (C=O) groups is 1. The summed E-state index contributed by atoms with van der Waals surface area (Å²) >= 11 is 0. The molecule has 1 aliphatic carbocycles. The number of carbonyl (C=O) groups excluding carboxylic acids is 1. The lowest BCUT2D eigenvalue weighted by molar-refractivity contribution is -0.126. The topological polar surface area (TPSA) is 50.4 Å². The Kier molecular flexibility index (Phi) is 3.26. The van der Waals surface area contributed by atoms with Crippen molar-refractivity contribution in [1.29, 1.82) is 0 Å². The van der Waals surface area contributed by atoms with Crippen LogP contribution in [0.3, 0.4) is 0 Å². The highest BCUT2D eigenvalue weighted by atomic mass is 16.5. The zero-order valence-electron chi connectivity index (χ0n) is 9.34. The molecule has 0 bridgehead atoms. The van der Waals surface area contributed by atoms with E-state index in [1.54, 1.807) is 0 Å². The van der Waals surface area contributed by atoms with Crippen LogP contribution in [-0.4, -0.2) is 38.3 Å². The zero-order chi connectivity index (χ0) is 10.7. The summed E-state index contributed by atoms with van der Waals surface area (Å²) < 4.78 is 5.25. The number of amides is 1. The van der Waals surface area contributed by atoms with Crippen LogP contribution < -0.4 is 10.6 Å². The van der Waals surface area contributed by atoms with E-state index in [1.165, 1.54) is 19.3 Å². The molecule has 0 aromatic heterocycles. The molecule has 4 nitrogen and oxygen atoms in total. The number of hydrogen-bond donors (Lipinski definition) is 2. The number of nitrogens with one attached hydrogen (secondary N) is 2. The fraction of sp³-hybridized carbons (Fsp3) is 0.909. The molecule has 1 atom stereocenters. The third kappa shape index (κ3) is 2.69. The summed E-state index contributed by atoms with van der Waals surface area (Å²) in [6.07, 6.45) is 3.78. The predicted octanol–water partition coefficient (Wildman–Crippen LogP) is 0.281. The Morgan fingerprint density at radius 3 is 2.93 bits per heavy atom. The van der Waals surface area contributed by atoms with Gasteiger partial charge in [-0.15, -0.1) is 0 Å². The van der Waals surface area contributed by atoms with Gasteiger partial charge in [0.05, 0.1) is 13.2 Å². The summed E-state index contributed by atoms with van der Waals surface area (Å²) in [4.78, 5) is 11.7. The zero-order valence-corrected chi connectivity index (χ0v) is 9.34. The van der Waals surface area contributed by atoms with E-state index < -0.39 is 0 Å². The van der Waals surface area contributed by atoms with Gasteiger partial charge in [-0.05, 0) is 18.3 Å². The summed E-state index contributed by atoms with van der Waals surface area (Å²) in [5.74, 6) is 0.0859. The minimum absolute atomic E-state index is 0.0859. The summed E-state index contributed by atoms with van der Waals surface area (Å²) in [5.41, 5.74) is 0.352. The number of hydrogen-bond acceptors (Lipinski definition) is 3. The largest absolute Gasteiger partial charge is 0.378 e. The molecule has 0 aromatic rings. The van der Waals surface area contributed by atoms with Gasteiger partial charge >= 0.3 is 0 Å². The highest BCUT2D eigenvalue weighted by Gasteiger charge is 2.32. The molecule has 2 aliphatic rings. The van der Waals surface area contributed by atoms with E-state index >= 15 is 0 Å². The predicted molar refractivity (Wildman–Crippen MR) is 57.6 cm³/mol. The van der Waals surface area contributed by atoms with Crippen LogP contribution in [0.25, 0.3) is 0 Å². The maximum atomic E-state index is 11.7. The molecule has 1 saturated carbocycles. The second kappa shape index (κ2) is 4.49. The SMILES string of the molecule is CC1(CNC(=O)C2COCCN2)CCC1. The van der Waals surface area contributed by atoms with Crippen LogP contribution in [0.15, 0.2) is 0 Å². The molecule has 2 rings (SSSR count).